The van der Waals surface area contributed by atoms with Crippen LogP contribution < -0.4 is 10.6 Å². The Morgan fingerprint density at radius 2 is 1.81 bits per heavy atom. The molecule has 16 heavy (non-hydrogen) atoms. The number of rotatable bonds is 7. The molecule has 0 radical (unpaired) electrons. The maximum atomic E-state index is 5.61. The summed E-state index contributed by atoms with van der Waals surface area (Å²) in [7, 11) is 3.34. The largest absolute Gasteiger partial charge is 0.384 e. The highest BCUT2D eigenvalue weighted by molar-refractivity contribution is 5.45. The van der Waals surface area contributed by atoms with Gasteiger partial charge in [-0.05, 0) is 0 Å². The molecule has 0 saturated carbocycles. The standard InChI is InChI=1S/C10H18N4O2/c1-15-5-3-14(4-6-16-2)10-7-9(11)12-8-13-10/h7-8H,3-6H2,1-2H3,(H2,11,12,13). The van der Waals surface area contributed by atoms with Crippen molar-refractivity contribution in [3.8, 4) is 0 Å². The van der Waals surface area contributed by atoms with E-state index in [0.29, 0.717) is 19.0 Å². The molecule has 0 amide bonds. The normalized spacial score (nSPS) is 10.4. The van der Waals surface area contributed by atoms with Crippen molar-refractivity contribution >= 4 is 11.6 Å². The lowest BCUT2D eigenvalue weighted by Crippen LogP contribution is -2.31. The van der Waals surface area contributed by atoms with Gasteiger partial charge >= 0.3 is 0 Å². The summed E-state index contributed by atoms with van der Waals surface area (Å²) in [5, 5.41) is 0. The van der Waals surface area contributed by atoms with Crippen molar-refractivity contribution in [3.63, 3.8) is 0 Å². The minimum Gasteiger partial charge on any atom is -0.384 e. The van der Waals surface area contributed by atoms with Crippen LogP contribution in [-0.4, -0.2) is 50.5 Å². The average molecular weight is 226 g/mol. The third-order valence-corrected chi connectivity index (χ3v) is 2.13. The molecule has 0 aliphatic heterocycles. The van der Waals surface area contributed by atoms with E-state index in [4.69, 9.17) is 15.2 Å². The predicted molar refractivity (Wildman–Crippen MR) is 62.4 cm³/mol. The lowest BCUT2D eigenvalue weighted by Gasteiger charge is -2.22. The molecular formula is C10H18N4O2. The van der Waals surface area contributed by atoms with Gasteiger partial charge in [-0.1, -0.05) is 0 Å². The Balaban J connectivity index is 2.66. The summed E-state index contributed by atoms with van der Waals surface area (Å²) in [5.41, 5.74) is 5.61. The van der Waals surface area contributed by atoms with E-state index in [0.717, 1.165) is 18.9 Å². The minimum atomic E-state index is 0.463. The first-order chi connectivity index (χ1) is 7.77. The smallest absolute Gasteiger partial charge is 0.134 e. The van der Waals surface area contributed by atoms with Crippen molar-refractivity contribution in [2.75, 3.05) is 51.2 Å². The summed E-state index contributed by atoms with van der Waals surface area (Å²) in [6.45, 7) is 2.76. The molecule has 6 heteroatoms. The molecule has 1 aromatic heterocycles. The molecule has 0 aliphatic carbocycles. The average Bonchev–Trinajstić information content (AvgIpc) is 2.29. The molecule has 0 aromatic carbocycles. The minimum absolute atomic E-state index is 0.463. The highest BCUT2D eigenvalue weighted by Gasteiger charge is 2.07. The first kappa shape index (κ1) is 12.7. The SMILES string of the molecule is COCCN(CCOC)c1cc(N)ncn1. The van der Waals surface area contributed by atoms with Crippen LogP contribution in [0, 0.1) is 0 Å². The zero-order valence-corrected chi connectivity index (χ0v) is 9.72. The van der Waals surface area contributed by atoms with Gasteiger partial charge in [-0.2, -0.15) is 0 Å². The van der Waals surface area contributed by atoms with Gasteiger partial charge in [-0.3, -0.25) is 0 Å². The van der Waals surface area contributed by atoms with Crippen LogP contribution in [0.1, 0.15) is 0 Å². The number of ether oxygens (including phenoxy) is 2. The summed E-state index contributed by atoms with van der Waals surface area (Å²) < 4.78 is 10.1. The molecule has 6 nitrogen and oxygen atoms in total. The van der Waals surface area contributed by atoms with Crippen LogP contribution in [0.4, 0.5) is 11.6 Å². The zero-order chi connectivity index (χ0) is 11.8. The van der Waals surface area contributed by atoms with Crippen molar-refractivity contribution in [2.45, 2.75) is 0 Å². The Labute approximate surface area is 95.4 Å². The monoisotopic (exact) mass is 226 g/mol. The first-order valence-corrected chi connectivity index (χ1v) is 5.08. The summed E-state index contributed by atoms with van der Waals surface area (Å²) in [6, 6.07) is 1.74. The van der Waals surface area contributed by atoms with E-state index in [-0.39, 0.29) is 0 Å². The maximum absolute atomic E-state index is 5.61. The molecule has 0 atom stereocenters. The summed E-state index contributed by atoms with van der Waals surface area (Å²) in [4.78, 5) is 10.1. The number of nitrogens with zero attached hydrogens (tertiary/aromatic N) is 3. The van der Waals surface area contributed by atoms with Crippen LogP contribution in [-0.2, 0) is 9.47 Å². The second-order valence-corrected chi connectivity index (χ2v) is 3.27. The molecule has 90 valence electrons. The van der Waals surface area contributed by atoms with E-state index < -0.39 is 0 Å². The van der Waals surface area contributed by atoms with Crippen LogP contribution in [0.15, 0.2) is 12.4 Å². The van der Waals surface area contributed by atoms with Crippen LogP contribution in [0.25, 0.3) is 0 Å². The zero-order valence-electron chi connectivity index (χ0n) is 9.72. The lowest BCUT2D eigenvalue weighted by molar-refractivity contribution is 0.190. The number of aromatic nitrogens is 2. The van der Waals surface area contributed by atoms with E-state index in [2.05, 4.69) is 9.97 Å². The number of methoxy groups -OCH3 is 2. The predicted octanol–water partition coefficient (Wildman–Crippen LogP) is 0.158. The summed E-state index contributed by atoms with van der Waals surface area (Å²) in [6.07, 6.45) is 1.46. The first-order valence-electron chi connectivity index (χ1n) is 5.08. The quantitative estimate of drug-likeness (QED) is 0.714. The van der Waals surface area contributed by atoms with Crippen molar-refractivity contribution in [2.24, 2.45) is 0 Å². The Morgan fingerprint density at radius 1 is 1.19 bits per heavy atom. The van der Waals surface area contributed by atoms with Crippen molar-refractivity contribution < 1.29 is 9.47 Å². The Bertz CT molecular complexity index is 301. The third kappa shape index (κ3) is 4.00. The van der Waals surface area contributed by atoms with Crippen molar-refractivity contribution in [1.29, 1.82) is 0 Å². The Kier molecular flexibility index (Phi) is 5.52. The van der Waals surface area contributed by atoms with Gasteiger partial charge < -0.3 is 20.1 Å². The topological polar surface area (TPSA) is 73.5 Å². The van der Waals surface area contributed by atoms with Gasteiger partial charge in [0.25, 0.3) is 0 Å². The van der Waals surface area contributed by atoms with Crippen molar-refractivity contribution in [1.82, 2.24) is 9.97 Å². The van der Waals surface area contributed by atoms with Crippen molar-refractivity contribution in [3.05, 3.63) is 12.4 Å². The van der Waals surface area contributed by atoms with Crippen LogP contribution in [0.3, 0.4) is 0 Å². The van der Waals surface area contributed by atoms with Gasteiger partial charge in [0.15, 0.2) is 0 Å². The number of hydrogen-bond acceptors (Lipinski definition) is 6. The summed E-state index contributed by atoms with van der Waals surface area (Å²) in [5.74, 6) is 1.26. The molecule has 2 N–H and O–H groups in total. The van der Waals surface area contributed by atoms with Crippen LogP contribution >= 0.6 is 0 Å². The fourth-order valence-electron chi connectivity index (χ4n) is 1.28. The van der Waals surface area contributed by atoms with Gasteiger partial charge in [-0.15, -0.1) is 0 Å². The van der Waals surface area contributed by atoms with E-state index >= 15 is 0 Å². The molecule has 1 aromatic rings. The second-order valence-electron chi connectivity index (χ2n) is 3.27. The molecule has 0 aliphatic rings. The number of nitrogen functional groups attached to an aromatic ring is 1. The Morgan fingerprint density at radius 3 is 2.31 bits per heavy atom. The molecule has 0 bridgehead atoms. The molecule has 1 heterocycles. The number of anilines is 2. The van der Waals surface area contributed by atoms with Gasteiger partial charge in [-0.25, -0.2) is 9.97 Å². The molecule has 0 spiro atoms. The third-order valence-electron chi connectivity index (χ3n) is 2.13. The fourth-order valence-corrected chi connectivity index (χ4v) is 1.28. The van der Waals surface area contributed by atoms with E-state index in [1.165, 1.54) is 6.33 Å². The van der Waals surface area contributed by atoms with Gasteiger partial charge in [0.2, 0.25) is 0 Å². The van der Waals surface area contributed by atoms with E-state index in [1.54, 1.807) is 20.3 Å². The second kappa shape index (κ2) is 6.97. The van der Waals surface area contributed by atoms with E-state index in [1.807, 2.05) is 4.90 Å². The molecule has 1 rings (SSSR count). The fraction of sp³-hybridized carbons (Fsp3) is 0.600. The molecular weight excluding hydrogens is 208 g/mol. The summed E-state index contributed by atoms with van der Waals surface area (Å²) >= 11 is 0. The van der Waals surface area contributed by atoms with Gasteiger partial charge in [0.1, 0.15) is 18.0 Å². The molecule has 0 unspecified atom stereocenters. The highest BCUT2D eigenvalue weighted by Crippen LogP contribution is 2.11. The Hall–Kier alpha value is -1.40. The molecule has 0 fully saturated rings. The number of hydrogen-bond donors (Lipinski definition) is 1. The van der Waals surface area contributed by atoms with Crippen LogP contribution in [0.5, 0.6) is 0 Å². The van der Waals surface area contributed by atoms with E-state index in [9.17, 15) is 0 Å². The maximum Gasteiger partial charge on any atom is 0.134 e. The lowest BCUT2D eigenvalue weighted by atomic mass is 10.4. The number of nitrogens with two attached hydrogens (primary N) is 1. The van der Waals surface area contributed by atoms with Crippen LogP contribution in [0.2, 0.25) is 0 Å². The van der Waals surface area contributed by atoms with Gasteiger partial charge in [0.05, 0.1) is 13.2 Å². The highest BCUT2D eigenvalue weighted by atomic mass is 16.5. The van der Waals surface area contributed by atoms with Gasteiger partial charge in [0, 0.05) is 33.4 Å². The molecule has 0 saturated heterocycles.